The molecule has 0 heterocycles. The summed E-state index contributed by atoms with van der Waals surface area (Å²) >= 11 is 0. The zero-order chi connectivity index (χ0) is 14.9. The van der Waals surface area contributed by atoms with E-state index in [1.54, 1.807) is 13.8 Å². The van der Waals surface area contributed by atoms with Crippen molar-refractivity contribution in [1.82, 2.24) is 0 Å². The Labute approximate surface area is 114 Å². The summed E-state index contributed by atoms with van der Waals surface area (Å²) in [5, 5.41) is 12.0. The fraction of sp³-hybridized carbons (Fsp3) is 0.133. The van der Waals surface area contributed by atoms with Gasteiger partial charge in [0.2, 0.25) is 0 Å². The molecule has 0 amide bonds. The Kier molecular flexibility index (Phi) is 3.70. The fourth-order valence-electron chi connectivity index (χ4n) is 1.87. The number of carboxylic acids is 1. The van der Waals surface area contributed by atoms with E-state index in [-0.39, 0.29) is 17.1 Å². The van der Waals surface area contributed by atoms with Crippen molar-refractivity contribution in [3.05, 3.63) is 58.7 Å². The van der Waals surface area contributed by atoms with Gasteiger partial charge in [0.25, 0.3) is 0 Å². The Hall–Kier alpha value is -2.43. The lowest BCUT2D eigenvalue weighted by atomic mass is 10.1. The Morgan fingerprint density at radius 2 is 1.75 bits per heavy atom. The fourth-order valence-corrected chi connectivity index (χ4v) is 1.87. The van der Waals surface area contributed by atoms with E-state index in [1.165, 1.54) is 24.3 Å². The summed E-state index contributed by atoms with van der Waals surface area (Å²) in [6, 6.07) is 6.50. The summed E-state index contributed by atoms with van der Waals surface area (Å²) in [5.41, 5.74) is 1.63. The molecule has 0 aliphatic heterocycles. The SMILES string of the molecule is Cc1cc(Nc2ccc(F)cc2C)c(C(=O)O)cc1F. The molecule has 0 unspecified atom stereocenters. The second kappa shape index (κ2) is 5.28. The molecule has 2 aromatic carbocycles. The van der Waals surface area contributed by atoms with Crippen molar-refractivity contribution in [2.75, 3.05) is 5.32 Å². The van der Waals surface area contributed by atoms with Gasteiger partial charge in [0.1, 0.15) is 11.6 Å². The van der Waals surface area contributed by atoms with Crippen LogP contribution in [-0.4, -0.2) is 11.1 Å². The van der Waals surface area contributed by atoms with Crippen LogP contribution in [0.5, 0.6) is 0 Å². The summed E-state index contributed by atoms with van der Waals surface area (Å²) in [4.78, 5) is 11.1. The highest BCUT2D eigenvalue weighted by Gasteiger charge is 2.14. The average molecular weight is 277 g/mol. The van der Waals surface area contributed by atoms with Crippen molar-refractivity contribution in [3.63, 3.8) is 0 Å². The highest BCUT2D eigenvalue weighted by Crippen LogP contribution is 2.26. The Balaban J connectivity index is 2.47. The first kappa shape index (κ1) is 14.0. The minimum absolute atomic E-state index is 0.170. The highest BCUT2D eigenvalue weighted by molar-refractivity contribution is 5.95. The van der Waals surface area contributed by atoms with Crippen molar-refractivity contribution < 1.29 is 18.7 Å². The number of anilines is 2. The number of carbonyl (C=O) groups is 1. The largest absolute Gasteiger partial charge is 0.478 e. The van der Waals surface area contributed by atoms with Gasteiger partial charge in [-0.05, 0) is 55.3 Å². The minimum Gasteiger partial charge on any atom is -0.478 e. The first-order chi connectivity index (χ1) is 9.38. The number of halogens is 2. The van der Waals surface area contributed by atoms with Gasteiger partial charge in [-0.3, -0.25) is 0 Å². The van der Waals surface area contributed by atoms with Crippen LogP contribution >= 0.6 is 0 Å². The van der Waals surface area contributed by atoms with E-state index in [9.17, 15) is 13.6 Å². The van der Waals surface area contributed by atoms with Crippen LogP contribution < -0.4 is 5.32 Å². The van der Waals surface area contributed by atoms with Crippen LogP contribution in [0, 0.1) is 25.5 Å². The van der Waals surface area contributed by atoms with Crippen LogP contribution in [0.4, 0.5) is 20.2 Å². The molecule has 0 bridgehead atoms. The maximum Gasteiger partial charge on any atom is 0.337 e. The lowest BCUT2D eigenvalue weighted by Gasteiger charge is -2.13. The van der Waals surface area contributed by atoms with Gasteiger partial charge >= 0.3 is 5.97 Å². The third-order valence-electron chi connectivity index (χ3n) is 2.99. The Bertz CT molecular complexity index is 684. The molecular formula is C15H13F2NO2. The maximum atomic E-state index is 13.4. The van der Waals surface area contributed by atoms with Gasteiger partial charge in [0, 0.05) is 5.69 Å². The van der Waals surface area contributed by atoms with Crippen LogP contribution in [-0.2, 0) is 0 Å². The Morgan fingerprint density at radius 3 is 2.35 bits per heavy atom. The third-order valence-corrected chi connectivity index (χ3v) is 2.99. The number of nitrogens with one attached hydrogen (secondary N) is 1. The summed E-state index contributed by atoms with van der Waals surface area (Å²) < 4.78 is 26.5. The lowest BCUT2D eigenvalue weighted by molar-refractivity contribution is 0.0697. The van der Waals surface area contributed by atoms with Gasteiger partial charge in [0.15, 0.2) is 0 Å². The topological polar surface area (TPSA) is 49.3 Å². The second-order valence-corrected chi connectivity index (χ2v) is 4.54. The van der Waals surface area contributed by atoms with Gasteiger partial charge in [0.05, 0.1) is 11.3 Å². The smallest absolute Gasteiger partial charge is 0.337 e. The van der Waals surface area contributed by atoms with E-state index in [2.05, 4.69) is 5.32 Å². The van der Waals surface area contributed by atoms with Crippen molar-refractivity contribution in [2.45, 2.75) is 13.8 Å². The predicted molar refractivity (Wildman–Crippen MR) is 72.5 cm³/mol. The molecule has 20 heavy (non-hydrogen) atoms. The minimum atomic E-state index is -1.23. The quantitative estimate of drug-likeness (QED) is 0.890. The molecule has 0 saturated carbocycles. The van der Waals surface area contributed by atoms with Crippen LogP contribution in [0.15, 0.2) is 30.3 Å². The number of hydrogen-bond acceptors (Lipinski definition) is 2. The molecule has 5 heteroatoms. The average Bonchev–Trinajstić information content (AvgIpc) is 2.36. The van der Waals surface area contributed by atoms with Gasteiger partial charge in [-0.2, -0.15) is 0 Å². The predicted octanol–water partition coefficient (Wildman–Crippen LogP) is 4.02. The molecule has 0 fully saturated rings. The zero-order valence-corrected chi connectivity index (χ0v) is 11.0. The number of rotatable bonds is 3. The molecule has 0 atom stereocenters. The zero-order valence-electron chi connectivity index (χ0n) is 11.0. The molecule has 0 aliphatic carbocycles. The van der Waals surface area contributed by atoms with E-state index in [1.807, 2.05) is 0 Å². The molecule has 0 aliphatic rings. The van der Waals surface area contributed by atoms with Gasteiger partial charge in [-0.15, -0.1) is 0 Å². The summed E-state index contributed by atoms with van der Waals surface area (Å²) in [6.07, 6.45) is 0. The first-order valence-corrected chi connectivity index (χ1v) is 5.95. The molecule has 104 valence electrons. The number of aromatic carboxylic acids is 1. The molecule has 2 rings (SSSR count). The van der Waals surface area contributed by atoms with Gasteiger partial charge in [-0.25, -0.2) is 13.6 Å². The molecule has 2 aromatic rings. The van der Waals surface area contributed by atoms with E-state index in [0.29, 0.717) is 16.8 Å². The van der Waals surface area contributed by atoms with Gasteiger partial charge in [-0.1, -0.05) is 0 Å². The normalized spacial score (nSPS) is 10.4. The van der Waals surface area contributed by atoms with E-state index >= 15 is 0 Å². The molecule has 2 N–H and O–H groups in total. The van der Waals surface area contributed by atoms with Crippen molar-refractivity contribution in [1.29, 1.82) is 0 Å². The van der Waals surface area contributed by atoms with E-state index < -0.39 is 11.8 Å². The van der Waals surface area contributed by atoms with E-state index in [4.69, 9.17) is 5.11 Å². The molecule has 0 spiro atoms. The first-order valence-electron chi connectivity index (χ1n) is 5.95. The number of aryl methyl sites for hydroxylation is 2. The Morgan fingerprint density at radius 1 is 1.05 bits per heavy atom. The van der Waals surface area contributed by atoms with Crippen molar-refractivity contribution in [3.8, 4) is 0 Å². The summed E-state index contributed by atoms with van der Waals surface area (Å²) in [7, 11) is 0. The van der Waals surface area contributed by atoms with Crippen molar-refractivity contribution in [2.24, 2.45) is 0 Å². The molecule has 0 aromatic heterocycles. The number of benzene rings is 2. The lowest BCUT2D eigenvalue weighted by Crippen LogP contribution is -2.05. The van der Waals surface area contributed by atoms with E-state index in [0.717, 1.165) is 6.07 Å². The molecule has 0 radical (unpaired) electrons. The monoisotopic (exact) mass is 277 g/mol. The van der Waals surface area contributed by atoms with Crippen LogP contribution in [0.25, 0.3) is 0 Å². The summed E-state index contributed by atoms with van der Waals surface area (Å²) in [6.45, 7) is 3.24. The maximum absolute atomic E-state index is 13.4. The van der Waals surface area contributed by atoms with Crippen LogP contribution in [0.3, 0.4) is 0 Å². The molecular weight excluding hydrogens is 264 g/mol. The molecule has 3 nitrogen and oxygen atoms in total. The van der Waals surface area contributed by atoms with Crippen LogP contribution in [0.2, 0.25) is 0 Å². The third kappa shape index (κ3) is 2.77. The van der Waals surface area contributed by atoms with Crippen LogP contribution in [0.1, 0.15) is 21.5 Å². The number of carboxylic acid groups (broad SMARTS) is 1. The number of hydrogen-bond donors (Lipinski definition) is 2. The summed E-state index contributed by atoms with van der Waals surface area (Å²) in [5.74, 6) is -2.18. The standard InChI is InChI=1S/C15H13F2NO2/c1-8-6-14(11(15(19)20)7-12(8)17)18-13-4-3-10(16)5-9(13)2/h3-7,18H,1-2H3,(H,19,20). The second-order valence-electron chi connectivity index (χ2n) is 4.54. The molecule has 0 saturated heterocycles. The van der Waals surface area contributed by atoms with Crippen molar-refractivity contribution >= 4 is 17.3 Å². The van der Waals surface area contributed by atoms with Gasteiger partial charge < -0.3 is 10.4 Å². The highest BCUT2D eigenvalue weighted by atomic mass is 19.1.